The molecule has 0 aliphatic heterocycles. The lowest BCUT2D eigenvalue weighted by Crippen LogP contribution is -2.05. The van der Waals surface area contributed by atoms with Crippen LogP contribution in [0.3, 0.4) is 0 Å². The van der Waals surface area contributed by atoms with E-state index in [0.29, 0.717) is 17.2 Å². The van der Waals surface area contributed by atoms with Crippen LogP contribution in [0.15, 0.2) is 9.85 Å². The molecule has 0 bridgehead atoms. The monoisotopic (exact) mass is 373 g/mol. The fourth-order valence-corrected chi connectivity index (χ4v) is 4.82. The highest BCUT2D eigenvalue weighted by Crippen LogP contribution is 2.44. The van der Waals surface area contributed by atoms with Gasteiger partial charge in [-0.15, -0.1) is 22.7 Å². The van der Waals surface area contributed by atoms with Gasteiger partial charge in [-0.1, -0.05) is 6.92 Å². The second-order valence-corrected chi connectivity index (χ2v) is 7.68. The van der Waals surface area contributed by atoms with Crippen LogP contribution in [-0.2, 0) is 11.2 Å². The summed E-state index contributed by atoms with van der Waals surface area (Å²) in [4.78, 5) is 14.7. The van der Waals surface area contributed by atoms with Crippen molar-refractivity contribution in [2.24, 2.45) is 0 Å². The van der Waals surface area contributed by atoms with E-state index in [1.54, 1.807) is 18.3 Å². The number of hydrogen-bond donors (Lipinski definition) is 1. The molecule has 0 saturated heterocycles. The first kappa shape index (κ1) is 15.5. The summed E-state index contributed by atoms with van der Waals surface area (Å²) >= 11 is 6.63. The van der Waals surface area contributed by atoms with Crippen LogP contribution in [0.2, 0.25) is 0 Å². The van der Waals surface area contributed by atoms with Crippen molar-refractivity contribution in [3.05, 3.63) is 25.9 Å². The number of nitrogen functional groups attached to an aromatic ring is 1. The summed E-state index contributed by atoms with van der Waals surface area (Å²) in [5, 5.41) is 0. The van der Waals surface area contributed by atoms with Crippen molar-refractivity contribution in [3.63, 3.8) is 0 Å². The Labute approximate surface area is 134 Å². The van der Waals surface area contributed by atoms with Gasteiger partial charge < -0.3 is 10.5 Å². The van der Waals surface area contributed by atoms with Crippen molar-refractivity contribution in [1.29, 1.82) is 0 Å². The fourth-order valence-electron chi connectivity index (χ4n) is 1.95. The lowest BCUT2D eigenvalue weighted by Gasteiger charge is -2.01. The van der Waals surface area contributed by atoms with Crippen LogP contribution in [0.25, 0.3) is 9.75 Å². The smallest absolute Gasteiger partial charge is 0.350 e. The van der Waals surface area contributed by atoms with Crippen LogP contribution >= 0.6 is 38.6 Å². The molecule has 0 saturated carbocycles. The Balaban J connectivity index is 2.53. The second-order valence-electron chi connectivity index (χ2n) is 4.29. The molecule has 20 heavy (non-hydrogen) atoms. The number of carbonyl (C=O) groups is 1. The number of carbonyl (C=O) groups excluding carboxylic acids is 1. The number of esters is 1. The van der Waals surface area contributed by atoms with Gasteiger partial charge in [0.15, 0.2) is 0 Å². The first-order valence-corrected chi connectivity index (χ1v) is 8.76. The molecule has 0 aliphatic rings. The summed E-state index contributed by atoms with van der Waals surface area (Å²) in [5.74, 6) is -0.330. The van der Waals surface area contributed by atoms with Gasteiger partial charge in [-0.3, -0.25) is 0 Å². The average molecular weight is 374 g/mol. The van der Waals surface area contributed by atoms with Crippen molar-refractivity contribution < 1.29 is 9.53 Å². The van der Waals surface area contributed by atoms with Crippen molar-refractivity contribution >= 4 is 50.3 Å². The van der Waals surface area contributed by atoms with E-state index in [2.05, 4.69) is 28.9 Å². The van der Waals surface area contributed by atoms with Crippen molar-refractivity contribution in [1.82, 2.24) is 0 Å². The first-order chi connectivity index (χ1) is 9.49. The molecule has 0 unspecified atom stereocenters. The van der Waals surface area contributed by atoms with Crippen LogP contribution < -0.4 is 5.73 Å². The van der Waals surface area contributed by atoms with E-state index in [9.17, 15) is 4.79 Å². The van der Waals surface area contributed by atoms with Crippen LogP contribution in [0.5, 0.6) is 0 Å². The number of rotatable bonds is 4. The van der Waals surface area contributed by atoms with E-state index in [4.69, 9.17) is 10.5 Å². The molecule has 0 aliphatic carbocycles. The van der Waals surface area contributed by atoms with Gasteiger partial charge in [-0.2, -0.15) is 0 Å². The Hall–Kier alpha value is -0.850. The molecule has 2 aromatic rings. The van der Waals surface area contributed by atoms with Crippen molar-refractivity contribution in [2.45, 2.75) is 27.2 Å². The third-order valence-corrected chi connectivity index (χ3v) is 6.49. The van der Waals surface area contributed by atoms with E-state index >= 15 is 0 Å². The molecule has 2 aromatic heterocycles. The number of anilines is 1. The number of halogens is 1. The average Bonchev–Trinajstić information content (AvgIpc) is 2.90. The van der Waals surface area contributed by atoms with Gasteiger partial charge in [0, 0.05) is 4.88 Å². The Bertz CT molecular complexity index is 626. The SMILES string of the molecule is CCOC(=O)c1sc(-c2cc(C)c(Br)s2)c(CC)c1N. The number of ether oxygens (including phenoxy) is 1. The zero-order chi connectivity index (χ0) is 14.9. The number of thiophene rings is 2. The van der Waals surface area contributed by atoms with Crippen LogP contribution in [0.4, 0.5) is 5.69 Å². The largest absolute Gasteiger partial charge is 0.462 e. The van der Waals surface area contributed by atoms with E-state index in [0.717, 1.165) is 25.5 Å². The third-order valence-electron chi connectivity index (χ3n) is 2.94. The molecular formula is C14H16BrNO2S2. The van der Waals surface area contributed by atoms with Gasteiger partial charge in [0.1, 0.15) is 4.88 Å². The molecule has 0 atom stereocenters. The maximum atomic E-state index is 12.0. The zero-order valence-corrected chi connectivity index (χ0v) is 14.8. The number of aryl methyl sites for hydroxylation is 1. The third kappa shape index (κ3) is 2.77. The minimum Gasteiger partial charge on any atom is -0.462 e. The number of nitrogens with two attached hydrogens (primary N) is 1. The van der Waals surface area contributed by atoms with E-state index in [1.807, 2.05) is 6.92 Å². The zero-order valence-electron chi connectivity index (χ0n) is 11.6. The van der Waals surface area contributed by atoms with Gasteiger partial charge in [0.2, 0.25) is 0 Å². The Kier molecular flexibility index (Phi) is 4.88. The molecule has 6 heteroatoms. The van der Waals surface area contributed by atoms with Crippen LogP contribution in [-0.4, -0.2) is 12.6 Å². The number of hydrogen-bond acceptors (Lipinski definition) is 5. The van der Waals surface area contributed by atoms with Gasteiger partial charge in [0.05, 0.1) is 21.0 Å². The maximum Gasteiger partial charge on any atom is 0.350 e. The van der Waals surface area contributed by atoms with Gasteiger partial charge in [-0.05, 0) is 53.4 Å². The standard InChI is InChI=1S/C14H16BrNO2S2/c1-4-8-10(16)12(14(17)18-5-2)20-11(8)9-6-7(3)13(15)19-9/h6H,4-5,16H2,1-3H3. The molecule has 3 nitrogen and oxygen atoms in total. The Morgan fingerprint density at radius 2 is 2.10 bits per heavy atom. The molecule has 0 radical (unpaired) electrons. The van der Waals surface area contributed by atoms with E-state index < -0.39 is 0 Å². The van der Waals surface area contributed by atoms with Crippen molar-refractivity contribution in [2.75, 3.05) is 12.3 Å². The topological polar surface area (TPSA) is 52.3 Å². The highest BCUT2D eigenvalue weighted by molar-refractivity contribution is 9.11. The molecule has 108 valence electrons. The van der Waals surface area contributed by atoms with Crippen LogP contribution in [0.1, 0.15) is 34.6 Å². The minimum absolute atomic E-state index is 0.330. The second kappa shape index (κ2) is 6.28. The highest BCUT2D eigenvalue weighted by Gasteiger charge is 2.22. The molecule has 0 amide bonds. The molecule has 0 aromatic carbocycles. The Morgan fingerprint density at radius 3 is 2.60 bits per heavy atom. The minimum atomic E-state index is -0.330. The predicted octanol–water partition coefficient (Wildman–Crippen LogP) is 4.87. The lowest BCUT2D eigenvalue weighted by molar-refractivity contribution is 0.0533. The lowest BCUT2D eigenvalue weighted by atomic mass is 10.1. The van der Waals surface area contributed by atoms with Gasteiger partial charge in [-0.25, -0.2) is 4.79 Å². The van der Waals surface area contributed by atoms with Gasteiger partial charge in [0.25, 0.3) is 0 Å². The molecule has 2 heterocycles. The normalized spacial score (nSPS) is 10.8. The van der Waals surface area contributed by atoms with E-state index in [-0.39, 0.29) is 5.97 Å². The summed E-state index contributed by atoms with van der Waals surface area (Å²) in [6.45, 7) is 6.25. The summed E-state index contributed by atoms with van der Waals surface area (Å²) in [7, 11) is 0. The summed E-state index contributed by atoms with van der Waals surface area (Å²) in [6, 6.07) is 2.12. The highest BCUT2D eigenvalue weighted by atomic mass is 79.9. The summed E-state index contributed by atoms with van der Waals surface area (Å²) in [5.41, 5.74) is 8.92. The molecule has 0 spiro atoms. The first-order valence-electron chi connectivity index (χ1n) is 6.34. The van der Waals surface area contributed by atoms with Crippen LogP contribution in [0, 0.1) is 6.92 Å². The van der Waals surface area contributed by atoms with E-state index in [1.165, 1.54) is 16.9 Å². The summed E-state index contributed by atoms with van der Waals surface area (Å²) in [6.07, 6.45) is 0.797. The molecule has 0 fully saturated rings. The Morgan fingerprint density at radius 1 is 1.40 bits per heavy atom. The predicted molar refractivity (Wildman–Crippen MR) is 89.8 cm³/mol. The quantitative estimate of drug-likeness (QED) is 0.777. The molecule has 2 rings (SSSR count). The van der Waals surface area contributed by atoms with Crippen molar-refractivity contribution in [3.8, 4) is 9.75 Å². The maximum absolute atomic E-state index is 12.0. The van der Waals surface area contributed by atoms with Gasteiger partial charge >= 0.3 is 5.97 Å². The molecular weight excluding hydrogens is 358 g/mol. The summed E-state index contributed by atoms with van der Waals surface area (Å²) < 4.78 is 6.18. The fraction of sp³-hybridized carbons (Fsp3) is 0.357. The molecule has 2 N–H and O–H groups in total.